The van der Waals surface area contributed by atoms with Gasteiger partial charge < -0.3 is 4.74 Å². The maximum absolute atomic E-state index is 12.9. The molecular weight excluding hydrogens is 323 g/mol. The fourth-order valence-corrected chi connectivity index (χ4v) is 5.09. The van der Waals surface area contributed by atoms with Crippen molar-refractivity contribution in [3.05, 3.63) is 42.2 Å². The molecule has 2 fully saturated rings. The van der Waals surface area contributed by atoms with Gasteiger partial charge >= 0.3 is 0 Å². The van der Waals surface area contributed by atoms with Crippen molar-refractivity contribution in [2.75, 3.05) is 6.61 Å². The molecule has 2 aliphatic rings. The average molecular weight is 359 g/mol. The minimum atomic E-state index is -0.219. The van der Waals surface area contributed by atoms with E-state index in [0.717, 1.165) is 29.4 Å². The third-order valence-corrected chi connectivity index (χ3v) is 6.64. The first-order chi connectivity index (χ1) is 12.7. The summed E-state index contributed by atoms with van der Waals surface area (Å²) in [5.74, 6) is 4.26. The van der Waals surface area contributed by atoms with E-state index in [2.05, 4.69) is 19.1 Å². The highest BCUT2D eigenvalue weighted by atomic mass is 19.1. The molecule has 0 aliphatic heterocycles. The standard InChI is InChI=1S/C24H35FO/c1-2-4-19-6-10-21(11-7-19)22-12-8-20(9-13-22)5-3-18-26-24-16-14-23(25)15-17-24/h3,5,14-17,19-22H,2,4,6-13,18H2,1H3/b5-3+. The predicted octanol–water partition coefficient (Wildman–Crippen LogP) is 7.17. The minimum absolute atomic E-state index is 0.219. The monoisotopic (exact) mass is 358 g/mol. The third-order valence-electron chi connectivity index (χ3n) is 6.64. The zero-order valence-electron chi connectivity index (χ0n) is 16.3. The van der Waals surface area contributed by atoms with Crippen LogP contribution in [0.1, 0.15) is 71.1 Å². The number of rotatable bonds is 7. The molecule has 0 atom stereocenters. The van der Waals surface area contributed by atoms with Gasteiger partial charge in [0.25, 0.3) is 0 Å². The lowest BCUT2D eigenvalue weighted by molar-refractivity contribution is 0.152. The molecule has 0 radical (unpaired) electrons. The van der Waals surface area contributed by atoms with Crippen molar-refractivity contribution >= 4 is 0 Å². The van der Waals surface area contributed by atoms with E-state index in [1.807, 2.05) is 0 Å². The maximum atomic E-state index is 12.9. The fourth-order valence-electron chi connectivity index (χ4n) is 5.09. The van der Waals surface area contributed by atoms with Crippen molar-refractivity contribution in [1.29, 1.82) is 0 Å². The highest BCUT2D eigenvalue weighted by Gasteiger charge is 2.29. The van der Waals surface area contributed by atoms with E-state index in [1.54, 1.807) is 12.1 Å². The molecule has 0 saturated heterocycles. The first kappa shape index (κ1) is 19.5. The van der Waals surface area contributed by atoms with Crippen LogP contribution in [0.15, 0.2) is 36.4 Å². The van der Waals surface area contributed by atoms with Crippen LogP contribution in [0.4, 0.5) is 4.39 Å². The van der Waals surface area contributed by atoms with E-state index in [4.69, 9.17) is 4.74 Å². The van der Waals surface area contributed by atoms with Crippen LogP contribution in [0.25, 0.3) is 0 Å². The first-order valence-electron chi connectivity index (χ1n) is 10.8. The Morgan fingerprint density at radius 3 is 2.15 bits per heavy atom. The highest BCUT2D eigenvalue weighted by Crippen LogP contribution is 2.42. The van der Waals surface area contributed by atoms with Crippen LogP contribution in [0.5, 0.6) is 5.75 Å². The molecule has 26 heavy (non-hydrogen) atoms. The van der Waals surface area contributed by atoms with Crippen LogP contribution in [0.3, 0.4) is 0 Å². The molecule has 2 heteroatoms. The van der Waals surface area contributed by atoms with Gasteiger partial charge in [-0.1, -0.05) is 44.8 Å². The minimum Gasteiger partial charge on any atom is -0.490 e. The van der Waals surface area contributed by atoms with Gasteiger partial charge in [-0.15, -0.1) is 0 Å². The highest BCUT2D eigenvalue weighted by molar-refractivity contribution is 5.22. The molecule has 0 heterocycles. The summed E-state index contributed by atoms with van der Waals surface area (Å²) in [6.07, 6.45) is 18.7. The van der Waals surface area contributed by atoms with Gasteiger partial charge in [0.05, 0.1) is 0 Å². The molecule has 1 aromatic rings. The summed E-state index contributed by atoms with van der Waals surface area (Å²) >= 11 is 0. The second-order valence-corrected chi connectivity index (χ2v) is 8.44. The number of benzene rings is 1. The van der Waals surface area contributed by atoms with Crippen molar-refractivity contribution in [3.8, 4) is 5.75 Å². The summed E-state index contributed by atoms with van der Waals surface area (Å²) in [7, 11) is 0. The molecule has 1 aromatic carbocycles. The van der Waals surface area contributed by atoms with E-state index < -0.39 is 0 Å². The zero-order valence-corrected chi connectivity index (χ0v) is 16.3. The van der Waals surface area contributed by atoms with Gasteiger partial charge in [-0.3, -0.25) is 0 Å². The summed E-state index contributed by atoms with van der Waals surface area (Å²) in [5.41, 5.74) is 0. The Labute approximate surface area is 159 Å². The summed E-state index contributed by atoms with van der Waals surface area (Å²) in [4.78, 5) is 0. The molecule has 2 saturated carbocycles. The maximum Gasteiger partial charge on any atom is 0.123 e. The van der Waals surface area contributed by atoms with E-state index in [9.17, 15) is 4.39 Å². The van der Waals surface area contributed by atoms with Gasteiger partial charge in [-0.25, -0.2) is 4.39 Å². The molecule has 0 unspecified atom stereocenters. The Kier molecular flexibility index (Phi) is 7.58. The molecule has 0 spiro atoms. The van der Waals surface area contributed by atoms with Crippen LogP contribution in [0, 0.1) is 29.5 Å². The van der Waals surface area contributed by atoms with E-state index >= 15 is 0 Å². The van der Waals surface area contributed by atoms with Crippen LogP contribution in [-0.2, 0) is 0 Å². The van der Waals surface area contributed by atoms with E-state index in [0.29, 0.717) is 6.61 Å². The smallest absolute Gasteiger partial charge is 0.123 e. The summed E-state index contributed by atoms with van der Waals surface area (Å²) in [6.45, 7) is 2.90. The normalized spacial score (nSPS) is 29.8. The number of hydrogen-bond donors (Lipinski definition) is 0. The summed E-state index contributed by atoms with van der Waals surface area (Å²) in [5, 5.41) is 0. The van der Waals surface area contributed by atoms with Crippen LogP contribution < -0.4 is 4.74 Å². The van der Waals surface area contributed by atoms with Gasteiger partial charge in [0.15, 0.2) is 0 Å². The van der Waals surface area contributed by atoms with Crippen molar-refractivity contribution < 1.29 is 9.13 Å². The lowest BCUT2D eigenvalue weighted by Crippen LogP contribution is -2.25. The summed E-state index contributed by atoms with van der Waals surface area (Å²) < 4.78 is 18.5. The van der Waals surface area contributed by atoms with Gasteiger partial charge in [-0.05, 0) is 86.5 Å². The molecule has 2 aliphatic carbocycles. The van der Waals surface area contributed by atoms with Crippen molar-refractivity contribution in [3.63, 3.8) is 0 Å². The Hall–Kier alpha value is -1.31. The molecule has 0 N–H and O–H groups in total. The van der Waals surface area contributed by atoms with Gasteiger partial charge in [-0.2, -0.15) is 0 Å². The molecule has 1 nitrogen and oxygen atoms in total. The number of halogens is 1. The first-order valence-corrected chi connectivity index (χ1v) is 10.8. The quantitative estimate of drug-likeness (QED) is 0.469. The molecule has 0 aromatic heterocycles. The van der Waals surface area contributed by atoms with Crippen molar-refractivity contribution in [2.45, 2.75) is 71.1 Å². The van der Waals surface area contributed by atoms with Gasteiger partial charge in [0, 0.05) is 0 Å². The Morgan fingerprint density at radius 2 is 1.54 bits per heavy atom. The summed E-state index contributed by atoms with van der Waals surface area (Å²) in [6, 6.07) is 6.25. The SMILES string of the molecule is CCCC1CCC(C2CCC(/C=C/COc3ccc(F)cc3)CC2)CC1. The van der Waals surface area contributed by atoms with Crippen LogP contribution >= 0.6 is 0 Å². The molecule has 144 valence electrons. The Morgan fingerprint density at radius 1 is 0.923 bits per heavy atom. The lowest BCUT2D eigenvalue weighted by Gasteiger charge is -2.37. The fraction of sp³-hybridized carbons (Fsp3) is 0.667. The topological polar surface area (TPSA) is 9.23 Å². The second-order valence-electron chi connectivity index (χ2n) is 8.44. The van der Waals surface area contributed by atoms with E-state index in [1.165, 1.54) is 76.3 Å². The third kappa shape index (κ3) is 5.86. The molecular formula is C24H35FO. The van der Waals surface area contributed by atoms with E-state index in [-0.39, 0.29) is 5.82 Å². The average Bonchev–Trinajstić information content (AvgIpc) is 2.68. The Balaban J connectivity index is 1.33. The zero-order chi connectivity index (χ0) is 18.2. The second kappa shape index (κ2) is 10.1. The lowest BCUT2D eigenvalue weighted by atomic mass is 9.69. The van der Waals surface area contributed by atoms with Crippen molar-refractivity contribution in [2.24, 2.45) is 23.7 Å². The molecule has 0 amide bonds. The number of hydrogen-bond acceptors (Lipinski definition) is 1. The predicted molar refractivity (Wildman–Crippen MR) is 107 cm³/mol. The molecule has 3 rings (SSSR count). The van der Waals surface area contributed by atoms with Gasteiger partial charge in [0.2, 0.25) is 0 Å². The number of ether oxygens (including phenoxy) is 1. The van der Waals surface area contributed by atoms with Crippen LogP contribution in [0.2, 0.25) is 0 Å². The largest absolute Gasteiger partial charge is 0.490 e. The molecule has 0 bridgehead atoms. The van der Waals surface area contributed by atoms with Crippen LogP contribution in [-0.4, -0.2) is 6.61 Å². The Bertz CT molecular complexity index is 534. The van der Waals surface area contributed by atoms with Crippen molar-refractivity contribution in [1.82, 2.24) is 0 Å². The number of allylic oxidation sites excluding steroid dienone is 1. The van der Waals surface area contributed by atoms with Gasteiger partial charge in [0.1, 0.15) is 18.2 Å².